The smallest absolute Gasteiger partial charge is 0.408 e. The van der Waals surface area contributed by atoms with Crippen LogP contribution in [0.2, 0.25) is 0 Å². The molecule has 0 fully saturated rings. The molecule has 0 saturated carbocycles. The monoisotopic (exact) mass is 424 g/mol. The molecule has 0 aliphatic heterocycles. The molecule has 9 nitrogen and oxygen atoms in total. The molecule has 0 spiro atoms. The van der Waals surface area contributed by atoms with E-state index in [1.165, 1.54) is 6.92 Å². The molecule has 0 saturated heterocycles. The minimum atomic E-state index is -1.45. The minimum absolute atomic E-state index is 0.361. The third kappa shape index (κ3) is 8.28. The Hall–Kier alpha value is -2.81. The molecule has 2 N–H and O–H groups in total. The van der Waals surface area contributed by atoms with Gasteiger partial charge in [-0.2, -0.15) is 0 Å². The van der Waals surface area contributed by atoms with Crippen LogP contribution in [0.15, 0.2) is 24.3 Å². The number of alkyl carbamates (subject to hydrolysis) is 1. The second-order valence-corrected chi connectivity index (χ2v) is 8.14. The van der Waals surface area contributed by atoms with Crippen LogP contribution in [0.4, 0.5) is 4.79 Å². The fraction of sp³-hybridized carbons (Fsp3) is 0.571. The van der Waals surface area contributed by atoms with Gasteiger partial charge in [-0.15, -0.1) is 0 Å². The highest BCUT2D eigenvalue weighted by Gasteiger charge is 2.33. The van der Waals surface area contributed by atoms with E-state index in [1.807, 2.05) is 12.1 Å². The topological polar surface area (TPSA) is 114 Å². The lowest BCUT2D eigenvalue weighted by molar-refractivity contribution is -0.158. The Morgan fingerprint density at radius 1 is 1.13 bits per heavy atom. The van der Waals surface area contributed by atoms with Crippen molar-refractivity contribution in [3.8, 4) is 5.75 Å². The van der Waals surface area contributed by atoms with Crippen LogP contribution < -0.4 is 10.1 Å². The van der Waals surface area contributed by atoms with Crippen LogP contribution in [-0.4, -0.2) is 73.0 Å². The van der Waals surface area contributed by atoms with Crippen molar-refractivity contribution >= 4 is 18.0 Å². The van der Waals surface area contributed by atoms with Gasteiger partial charge in [0.1, 0.15) is 23.5 Å². The molecule has 30 heavy (non-hydrogen) atoms. The number of nitrogens with zero attached hydrogens (tertiary/aromatic N) is 1. The van der Waals surface area contributed by atoms with E-state index >= 15 is 0 Å². The summed E-state index contributed by atoms with van der Waals surface area (Å²) in [6, 6.07) is 5.18. The SMILES string of the molecule is COc1ccc(C[C@@H](C(=O)O[C@H](C)[C@H](NC(=O)OC(C)(C)C)C(=O)O)N(C)C)cc1. The minimum Gasteiger partial charge on any atom is -0.497 e. The van der Waals surface area contributed by atoms with Crippen LogP contribution in [0.1, 0.15) is 33.3 Å². The van der Waals surface area contributed by atoms with Crippen LogP contribution in [0.5, 0.6) is 5.75 Å². The van der Waals surface area contributed by atoms with Crippen molar-refractivity contribution in [3.63, 3.8) is 0 Å². The molecule has 0 bridgehead atoms. The van der Waals surface area contributed by atoms with Gasteiger partial charge in [0.25, 0.3) is 0 Å². The number of hydrogen-bond acceptors (Lipinski definition) is 7. The van der Waals surface area contributed by atoms with Gasteiger partial charge in [-0.25, -0.2) is 9.59 Å². The molecule has 1 aromatic carbocycles. The summed E-state index contributed by atoms with van der Waals surface area (Å²) < 4.78 is 15.6. The standard InChI is InChI=1S/C21H32N2O7/c1-13(17(18(24)25)22-20(27)30-21(2,3)4)29-19(26)16(23(5)6)12-14-8-10-15(28-7)11-9-14/h8-11,13,16-17H,12H2,1-7H3,(H,22,27)(H,24,25)/t13-,16+,17+/m1/s1. The van der Waals surface area contributed by atoms with E-state index < -0.39 is 41.8 Å². The van der Waals surface area contributed by atoms with Gasteiger partial charge >= 0.3 is 18.0 Å². The van der Waals surface area contributed by atoms with Crippen molar-refractivity contribution in [2.75, 3.05) is 21.2 Å². The van der Waals surface area contributed by atoms with Gasteiger partial charge in [-0.05, 0) is 65.9 Å². The number of amides is 1. The van der Waals surface area contributed by atoms with E-state index in [4.69, 9.17) is 14.2 Å². The van der Waals surface area contributed by atoms with E-state index in [2.05, 4.69) is 5.32 Å². The van der Waals surface area contributed by atoms with Crippen molar-refractivity contribution in [1.29, 1.82) is 0 Å². The lowest BCUT2D eigenvalue weighted by Gasteiger charge is -2.28. The summed E-state index contributed by atoms with van der Waals surface area (Å²) in [7, 11) is 5.03. The third-order valence-electron chi connectivity index (χ3n) is 4.19. The maximum absolute atomic E-state index is 12.7. The molecule has 168 valence electrons. The molecule has 9 heteroatoms. The maximum Gasteiger partial charge on any atom is 0.408 e. The molecule has 0 unspecified atom stereocenters. The van der Waals surface area contributed by atoms with Gasteiger partial charge in [0, 0.05) is 0 Å². The number of nitrogens with one attached hydrogen (secondary N) is 1. The van der Waals surface area contributed by atoms with E-state index in [0.717, 1.165) is 5.56 Å². The predicted octanol–water partition coefficient (Wildman–Crippen LogP) is 2.08. The zero-order valence-corrected chi connectivity index (χ0v) is 18.6. The van der Waals surface area contributed by atoms with Crippen LogP contribution in [0.3, 0.4) is 0 Å². The number of methoxy groups -OCH3 is 1. The van der Waals surface area contributed by atoms with Gasteiger partial charge in [0.15, 0.2) is 6.04 Å². The summed E-state index contributed by atoms with van der Waals surface area (Å²) >= 11 is 0. The number of esters is 1. The van der Waals surface area contributed by atoms with Crippen molar-refractivity contribution in [2.45, 2.75) is 57.9 Å². The quantitative estimate of drug-likeness (QED) is 0.579. The number of rotatable bonds is 9. The summed E-state index contributed by atoms with van der Waals surface area (Å²) in [5.74, 6) is -1.23. The molecule has 0 heterocycles. The molecule has 0 aliphatic carbocycles. The van der Waals surface area contributed by atoms with Gasteiger partial charge in [-0.1, -0.05) is 12.1 Å². The van der Waals surface area contributed by atoms with E-state index in [9.17, 15) is 19.5 Å². The van der Waals surface area contributed by atoms with Crippen LogP contribution >= 0.6 is 0 Å². The number of carbonyl (C=O) groups is 3. The summed E-state index contributed by atoms with van der Waals surface area (Å²) in [6.45, 7) is 6.39. The number of carbonyl (C=O) groups excluding carboxylic acids is 2. The fourth-order valence-electron chi connectivity index (χ4n) is 2.61. The fourth-order valence-corrected chi connectivity index (χ4v) is 2.61. The number of aliphatic carboxylic acids is 1. The highest BCUT2D eigenvalue weighted by Crippen LogP contribution is 2.16. The number of ether oxygens (including phenoxy) is 3. The third-order valence-corrected chi connectivity index (χ3v) is 4.19. The van der Waals surface area contributed by atoms with Gasteiger partial charge in [0.2, 0.25) is 0 Å². The zero-order valence-electron chi connectivity index (χ0n) is 18.6. The number of carboxylic acid groups (broad SMARTS) is 1. The number of likely N-dealkylation sites (N-methyl/N-ethyl adjacent to an activating group) is 1. The number of benzene rings is 1. The Morgan fingerprint density at radius 3 is 2.13 bits per heavy atom. The van der Waals surface area contributed by atoms with Gasteiger partial charge < -0.3 is 24.6 Å². The largest absolute Gasteiger partial charge is 0.497 e. The predicted molar refractivity (Wildman–Crippen MR) is 111 cm³/mol. The lowest BCUT2D eigenvalue weighted by atomic mass is 10.0. The molecule has 0 radical (unpaired) electrons. The van der Waals surface area contributed by atoms with Crippen molar-refractivity contribution in [3.05, 3.63) is 29.8 Å². The molecular weight excluding hydrogens is 392 g/mol. The van der Waals surface area contributed by atoms with Crippen LogP contribution in [0.25, 0.3) is 0 Å². The molecule has 1 rings (SSSR count). The second kappa shape index (κ2) is 10.8. The molecule has 1 amide bonds. The summed E-state index contributed by atoms with van der Waals surface area (Å²) in [4.78, 5) is 38.0. The van der Waals surface area contributed by atoms with Gasteiger partial charge in [-0.3, -0.25) is 9.69 Å². The summed E-state index contributed by atoms with van der Waals surface area (Å²) in [5, 5.41) is 11.7. The number of hydrogen-bond donors (Lipinski definition) is 2. The first-order chi connectivity index (χ1) is 13.8. The average molecular weight is 424 g/mol. The average Bonchev–Trinajstić information content (AvgIpc) is 2.62. The summed E-state index contributed by atoms with van der Waals surface area (Å²) in [6.07, 6.45) is -1.65. The van der Waals surface area contributed by atoms with E-state index in [0.29, 0.717) is 12.2 Å². The van der Waals surface area contributed by atoms with Crippen molar-refractivity contribution in [1.82, 2.24) is 10.2 Å². The Labute approximate surface area is 177 Å². The Balaban J connectivity index is 2.84. The lowest BCUT2D eigenvalue weighted by Crippen LogP contribution is -2.52. The van der Waals surface area contributed by atoms with E-state index in [-0.39, 0.29) is 0 Å². The normalized spacial score (nSPS) is 14.4. The highest BCUT2D eigenvalue weighted by atomic mass is 16.6. The Kier molecular flexibility index (Phi) is 9.10. The molecule has 0 aromatic heterocycles. The Morgan fingerprint density at radius 2 is 1.70 bits per heavy atom. The van der Waals surface area contributed by atoms with Crippen molar-refractivity contribution in [2.24, 2.45) is 0 Å². The first-order valence-electron chi connectivity index (χ1n) is 9.56. The zero-order chi connectivity index (χ0) is 23.1. The maximum atomic E-state index is 12.7. The van der Waals surface area contributed by atoms with Crippen LogP contribution in [-0.2, 0) is 25.5 Å². The first-order valence-corrected chi connectivity index (χ1v) is 9.56. The second-order valence-electron chi connectivity index (χ2n) is 8.14. The molecular formula is C21H32N2O7. The van der Waals surface area contributed by atoms with Crippen LogP contribution in [0, 0.1) is 0 Å². The molecule has 1 aromatic rings. The first kappa shape index (κ1) is 25.2. The Bertz CT molecular complexity index is 726. The molecule has 3 atom stereocenters. The number of carboxylic acids is 1. The highest BCUT2D eigenvalue weighted by molar-refractivity contribution is 5.82. The van der Waals surface area contributed by atoms with Gasteiger partial charge in [0.05, 0.1) is 7.11 Å². The van der Waals surface area contributed by atoms with E-state index in [1.54, 1.807) is 59.0 Å². The van der Waals surface area contributed by atoms with Crippen molar-refractivity contribution < 1.29 is 33.7 Å². The molecule has 0 aliphatic rings. The summed E-state index contributed by atoms with van der Waals surface area (Å²) in [5.41, 5.74) is 0.0994.